The van der Waals surface area contributed by atoms with Crippen LogP contribution in [0.4, 0.5) is 0 Å². The lowest BCUT2D eigenvalue weighted by molar-refractivity contribution is 0.353. The van der Waals surface area contributed by atoms with E-state index in [2.05, 4.69) is 0 Å². The molecule has 0 saturated carbocycles. The number of methoxy groups -OCH3 is 2. The molecule has 0 aliphatic carbocycles. The maximum atomic E-state index is 6.49. The lowest BCUT2D eigenvalue weighted by Crippen LogP contribution is -2.34. The zero-order chi connectivity index (χ0) is 14.8. The van der Waals surface area contributed by atoms with E-state index in [4.69, 9.17) is 26.8 Å². The van der Waals surface area contributed by atoms with Crippen LogP contribution in [0.25, 0.3) is 0 Å². The summed E-state index contributed by atoms with van der Waals surface area (Å²) in [6.07, 6.45) is 0. The molecule has 0 heterocycles. The fraction of sp³-hybridized carbons (Fsp3) is 0.250. The van der Waals surface area contributed by atoms with E-state index < -0.39 is 5.54 Å². The SMILES string of the molecule is COc1ccc(C(C)(N)c2ccccc2Cl)cc1OC. The number of halogens is 1. The van der Waals surface area contributed by atoms with Gasteiger partial charge in [-0.05, 0) is 36.2 Å². The van der Waals surface area contributed by atoms with Gasteiger partial charge in [-0.1, -0.05) is 35.9 Å². The Morgan fingerprint density at radius 1 is 1.00 bits per heavy atom. The molecule has 0 fully saturated rings. The van der Waals surface area contributed by atoms with E-state index in [9.17, 15) is 0 Å². The summed E-state index contributed by atoms with van der Waals surface area (Å²) in [6, 6.07) is 13.2. The van der Waals surface area contributed by atoms with Crippen LogP contribution < -0.4 is 15.2 Å². The Kier molecular flexibility index (Phi) is 4.21. The topological polar surface area (TPSA) is 44.5 Å². The molecule has 1 atom stereocenters. The predicted molar refractivity (Wildman–Crippen MR) is 81.6 cm³/mol. The molecule has 2 aromatic carbocycles. The fourth-order valence-corrected chi connectivity index (χ4v) is 2.53. The van der Waals surface area contributed by atoms with E-state index >= 15 is 0 Å². The molecule has 20 heavy (non-hydrogen) atoms. The molecule has 0 radical (unpaired) electrons. The van der Waals surface area contributed by atoms with Crippen molar-refractivity contribution in [2.24, 2.45) is 5.73 Å². The van der Waals surface area contributed by atoms with Crippen molar-refractivity contribution >= 4 is 11.6 Å². The molecule has 0 aliphatic rings. The molecule has 0 saturated heterocycles. The van der Waals surface area contributed by atoms with E-state index in [1.807, 2.05) is 49.4 Å². The third-order valence-electron chi connectivity index (χ3n) is 3.42. The highest BCUT2D eigenvalue weighted by Gasteiger charge is 2.27. The summed E-state index contributed by atoms with van der Waals surface area (Å²) in [6.45, 7) is 1.93. The molecule has 0 aliphatic heterocycles. The second kappa shape index (κ2) is 5.73. The Morgan fingerprint density at radius 2 is 1.65 bits per heavy atom. The van der Waals surface area contributed by atoms with Crippen LogP contribution in [0, 0.1) is 0 Å². The maximum Gasteiger partial charge on any atom is 0.161 e. The van der Waals surface area contributed by atoms with Crippen molar-refractivity contribution < 1.29 is 9.47 Å². The normalized spacial score (nSPS) is 13.7. The minimum Gasteiger partial charge on any atom is -0.493 e. The van der Waals surface area contributed by atoms with E-state index in [0.29, 0.717) is 16.5 Å². The summed E-state index contributed by atoms with van der Waals surface area (Å²) < 4.78 is 10.6. The predicted octanol–water partition coefficient (Wildman–Crippen LogP) is 3.58. The lowest BCUT2D eigenvalue weighted by Gasteiger charge is -2.27. The highest BCUT2D eigenvalue weighted by Crippen LogP contribution is 2.36. The molecule has 4 heteroatoms. The Morgan fingerprint density at radius 3 is 2.25 bits per heavy atom. The molecule has 0 bridgehead atoms. The number of benzene rings is 2. The third-order valence-corrected chi connectivity index (χ3v) is 3.75. The lowest BCUT2D eigenvalue weighted by atomic mass is 9.85. The van der Waals surface area contributed by atoms with Crippen LogP contribution >= 0.6 is 11.6 Å². The first kappa shape index (κ1) is 14.7. The van der Waals surface area contributed by atoms with Crippen LogP contribution in [0.1, 0.15) is 18.1 Å². The molecule has 0 aromatic heterocycles. The smallest absolute Gasteiger partial charge is 0.161 e. The number of rotatable bonds is 4. The second-order valence-corrected chi connectivity index (χ2v) is 5.16. The Balaban J connectivity index is 2.52. The summed E-state index contributed by atoms with van der Waals surface area (Å²) in [4.78, 5) is 0. The van der Waals surface area contributed by atoms with E-state index in [0.717, 1.165) is 11.1 Å². The largest absolute Gasteiger partial charge is 0.493 e. The molecule has 2 rings (SSSR count). The molecule has 0 spiro atoms. The Bertz CT molecular complexity index is 611. The van der Waals surface area contributed by atoms with Gasteiger partial charge in [-0.2, -0.15) is 0 Å². The zero-order valence-corrected chi connectivity index (χ0v) is 12.6. The molecule has 2 aromatic rings. The van der Waals surface area contributed by atoms with Crippen molar-refractivity contribution in [1.29, 1.82) is 0 Å². The van der Waals surface area contributed by atoms with Crippen LogP contribution in [-0.4, -0.2) is 14.2 Å². The molecule has 106 valence electrons. The molecular formula is C16H18ClNO2. The van der Waals surface area contributed by atoms with Gasteiger partial charge in [0.1, 0.15) is 0 Å². The number of ether oxygens (including phenoxy) is 2. The van der Waals surface area contributed by atoms with Crippen molar-refractivity contribution in [2.45, 2.75) is 12.5 Å². The average molecular weight is 292 g/mol. The van der Waals surface area contributed by atoms with E-state index in [1.165, 1.54) is 0 Å². The first-order chi connectivity index (χ1) is 9.50. The van der Waals surface area contributed by atoms with Gasteiger partial charge in [-0.3, -0.25) is 0 Å². The van der Waals surface area contributed by atoms with Crippen LogP contribution in [-0.2, 0) is 5.54 Å². The first-order valence-electron chi connectivity index (χ1n) is 6.27. The molecular weight excluding hydrogens is 274 g/mol. The Hall–Kier alpha value is -1.71. The number of hydrogen-bond donors (Lipinski definition) is 1. The average Bonchev–Trinajstić information content (AvgIpc) is 2.46. The van der Waals surface area contributed by atoms with Gasteiger partial charge in [-0.25, -0.2) is 0 Å². The molecule has 1 unspecified atom stereocenters. The minimum atomic E-state index is -0.710. The van der Waals surface area contributed by atoms with E-state index in [1.54, 1.807) is 14.2 Å². The van der Waals surface area contributed by atoms with Gasteiger partial charge >= 0.3 is 0 Å². The van der Waals surface area contributed by atoms with E-state index in [-0.39, 0.29) is 0 Å². The monoisotopic (exact) mass is 291 g/mol. The van der Waals surface area contributed by atoms with Crippen molar-refractivity contribution in [2.75, 3.05) is 14.2 Å². The number of hydrogen-bond acceptors (Lipinski definition) is 3. The van der Waals surface area contributed by atoms with Crippen LogP contribution in [0.5, 0.6) is 11.5 Å². The van der Waals surface area contributed by atoms with Gasteiger partial charge in [0.25, 0.3) is 0 Å². The van der Waals surface area contributed by atoms with Crippen LogP contribution in [0.15, 0.2) is 42.5 Å². The maximum absolute atomic E-state index is 6.49. The van der Waals surface area contributed by atoms with Crippen LogP contribution in [0.3, 0.4) is 0 Å². The van der Waals surface area contributed by atoms with Crippen molar-refractivity contribution in [3.8, 4) is 11.5 Å². The molecule has 3 nitrogen and oxygen atoms in total. The summed E-state index contributed by atoms with van der Waals surface area (Å²) in [7, 11) is 3.21. The Labute approximate surface area is 124 Å². The second-order valence-electron chi connectivity index (χ2n) is 4.75. The van der Waals surface area contributed by atoms with Crippen molar-refractivity contribution in [3.05, 3.63) is 58.6 Å². The van der Waals surface area contributed by atoms with Gasteiger partial charge in [0.05, 0.1) is 19.8 Å². The summed E-state index contributed by atoms with van der Waals surface area (Å²) in [5, 5.41) is 0.646. The summed E-state index contributed by atoms with van der Waals surface area (Å²) in [5.74, 6) is 1.32. The molecule has 2 N–H and O–H groups in total. The van der Waals surface area contributed by atoms with Gasteiger partial charge in [0, 0.05) is 5.02 Å². The number of nitrogens with two attached hydrogens (primary N) is 1. The summed E-state index contributed by atoms with van der Waals surface area (Å²) >= 11 is 6.25. The highest BCUT2D eigenvalue weighted by atomic mass is 35.5. The quantitative estimate of drug-likeness (QED) is 0.936. The highest BCUT2D eigenvalue weighted by molar-refractivity contribution is 6.31. The fourth-order valence-electron chi connectivity index (χ4n) is 2.20. The zero-order valence-electron chi connectivity index (χ0n) is 11.8. The van der Waals surface area contributed by atoms with Crippen molar-refractivity contribution in [3.63, 3.8) is 0 Å². The van der Waals surface area contributed by atoms with Gasteiger partial charge in [0.2, 0.25) is 0 Å². The van der Waals surface area contributed by atoms with Crippen molar-refractivity contribution in [1.82, 2.24) is 0 Å². The van der Waals surface area contributed by atoms with Gasteiger partial charge < -0.3 is 15.2 Å². The van der Waals surface area contributed by atoms with Gasteiger partial charge in [-0.15, -0.1) is 0 Å². The van der Waals surface area contributed by atoms with Crippen LogP contribution in [0.2, 0.25) is 5.02 Å². The first-order valence-corrected chi connectivity index (χ1v) is 6.65. The minimum absolute atomic E-state index is 0.646. The van der Waals surface area contributed by atoms with Gasteiger partial charge in [0.15, 0.2) is 11.5 Å². The standard InChI is InChI=1S/C16H18ClNO2/c1-16(18,12-6-4-5-7-13(12)17)11-8-9-14(19-2)15(10-11)20-3/h4-10H,18H2,1-3H3. The summed E-state index contributed by atoms with van der Waals surface area (Å²) in [5.41, 5.74) is 7.56. The third kappa shape index (κ3) is 2.60. The molecule has 0 amide bonds.